The van der Waals surface area contributed by atoms with Crippen LogP contribution in [-0.2, 0) is 4.79 Å². The van der Waals surface area contributed by atoms with Crippen LogP contribution in [0.1, 0.15) is 5.69 Å². The van der Waals surface area contributed by atoms with Gasteiger partial charge in [-0.15, -0.1) is 0 Å². The second kappa shape index (κ2) is 3.97. The largest absolute Gasteiger partial charge is 0.303 e. The number of pyridine rings is 1. The summed E-state index contributed by atoms with van der Waals surface area (Å²) < 4.78 is 0. The van der Waals surface area contributed by atoms with Crippen molar-refractivity contribution < 1.29 is 9.72 Å². The summed E-state index contributed by atoms with van der Waals surface area (Å²) in [4.78, 5) is 23.4. The van der Waals surface area contributed by atoms with Gasteiger partial charge >= 0.3 is 5.69 Å². The van der Waals surface area contributed by atoms with E-state index in [2.05, 4.69) is 16.8 Å². The molecular formula is C8H4N2O3. The molecule has 0 radical (unpaired) electrons. The molecule has 5 nitrogen and oxygen atoms in total. The number of carbonyl (C=O) groups is 1. The summed E-state index contributed by atoms with van der Waals surface area (Å²) in [5, 5.41) is 10.4. The Bertz CT molecular complexity index is 403. The second-order valence-electron chi connectivity index (χ2n) is 2.02. The van der Waals surface area contributed by atoms with Crippen molar-refractivity contribution in [2.75, 3.05) is 0 Å². The normalized spacial score (nSPS) is 8.31. The van der Waals surface area contributed by atoms with Gasteiger partial charge in [0.05, 0.1) is 4.92 Å². The van der Waals surface area contributed by atoms with Crippen molar-refractivity contribution in [3.63, 3.8) is 0 Å². The van der Waals surface area contributed by atoms with Gasteiger partial charge in [-0.3, -0.25) is 14.9 Å². The molecule has 0 aliphatic heterocycles. The topological polar surface area (TPSA) is 73.1 Å². The highest BCUT2D eigenvalue weighted by Crippen LogP contribution is 2.12. The second-order valence-corrected chi connectivity index (χ2v) is 2.02. The van der Waals surface area contributed by atoms with E-state index in [1.807, 2.05) is 0 Å². The van der Waals surface area contributed by atoms with Crippen LogP contribution < -0.4 is 0 Å². The molecule has 64 valence electrons. The molecule has 0 atom stereocenters. The van der Waals surface area contributed by atoms with Crippen molar-refractivity contribution in [2.45, 2.75) is 0 Å². The molecule has 5 heteroatoms. The van der Waals surface area contributed by atoms with E-state index in [-0.39, 0.29) is 11.4 Å². The van der Waals surface area contributed by atoms with Gasteiger partial charge in [-0.1, -0.05) is 0 Å². The average molecular weight is 176 g/mol. The third-order valence-electron chi connectivity index (χ3n) is 1.23. The zero-order valence-electron chi connectivity index (χ0n) is 6.43. The molecule has 1 heterocycles. The number of rotatable bonds is 1. The number of aldehydes is 1. The first kappa shape index (κ1) is 8.87. The zero-order chi connectivity index (χ0) is 9.68. The van der Waals surface area contributed by atoms with E-state index >= 15 is 0 Å². The van der Waals surface area contributed by atoms with Crippen molar-refractivity contribution >= 4 is 12.0 Å². The lowest BCUT2D eigenvalue weighted by Gasteiger charge is -1.91. The Morgan fingerprint density at radius 3 is 3.00 bits per heavy atom. The van der Waals surface area contributed by atoms with E-state index < -0.39 is 4.92 Å². The highest BCUT2D eigenvalue weighted by Gasteiger charge is 2.10. The van der Waals surface area contributed by atoms with Crippen molar-refractivity contribution in [3.8, 4) is 11.8 Å². The molecular weight excluding hydrogens is 172 g/mol. The maximum atomic E-state index is 10.4. The van der Waals surface area contributed by atoms with Crippen LogP contribution in [0.15, 0.2) is 18.3 Å². The summed E-state index contributed by atoms with van der Waals surface area (Å²) in [6.07, 6.45) is 1.74. The fraction of sp³-hybridized carbons (Fsp3) is 0. The smallest absolute Gasteiger partial charge is 0.289 e. The first-order chi connectivity index (χ1) is 6.25. The molecule has 0 bridgehead atoms. The van der Waals surface area contributed by atoms with Gasteiger partial charge in [0.25, 0.3) is 0 Å². The fourth-order valence-corrected chi connectivity index (χ4v) is 0.738. The van der Waals surface area contributed by atoms with Gasteiger partial charge in [-0.2, -0.15) is 0 Å². The van der Waals surface area contributed by atoms with Crippen molar-refractivity contribution in [3.05, 3.63) is 34.1 Å². The molecule has 0 aliphatic carbocycles. The number of carbonyl (C=O) groups excluding carboxylic acids is 1. The molecule has 0 fully saturated rings. The van der Waals surface area contributed by atoms with E-state index in [0.29, 0.717) is 6.29 Å². The third-order valence-corrected chi connectivity index (χ3v) is 1.23. The first-order valence-electron chi connectivity index (χ1n) is 3.30. The van der Waals surface area contributed by atoms with Crippen LogP contribution in [-0.4, -0.2) is 16.2 Å². The number of aromatic nitrogens is 1. The predicted octanol–water partition coefficient (Wildman–Crippen LogP) is 0.540. The van der Waals surface area contributed by atoms with Crippen LogP contribution in [0.25, 0.3) is 0 Å². The van der Waals surface area contributed by atoms with Crippen LogP contribution in [0, 0.1) is 22.0 Å². The first-order valence-corrected chi connectivity index (χ1v) is 3.30. The molecule has 0 saturated carbocycles. The summed E-state index contributed by atoms with van der Waals surface area (Å²) >= 11 is 0. The van der Waals surface area contributed by atoms with Crippen molar-refractivity contribution in [1.29, 1.82) is 0 Å². The standard InChI is InChI=1S/C8H4N2O3/c11-6-2-3-7-8(10(12)13)4-1-5-9-7/h1,4-6H. The van der Waals surface area contributed by atoms with E-state index in [4.69, 9.17) is 0 Å². The highest BCUT2D eigenvalue weighted by atomic mass is 16.6. The third kappa shape index (κ3) is 2.10. The van der Waals surface area contributed by atoms with Crippen LogP contribution in [0.3, 0.4) is 0 Å². The predicted molar refractivity (Wildman–Crippen MR) is 43.8 cm³/mol. The summed E-state index contributed by atoms with van der Waals surface area (Å²) in [5.41, 5.74) is -0.198. The van der Waals surface area contributed by atoms with Gasteiger partial charge in [0.2, 0.25) is 0 Å². The Morgan fingerprint density at radius 1 is 1.62 bits per heavy atom. The van der Waals surface area contributed by atoms with Crippen LogP contribution >= 0.6 is 0 Å². The van der Waals surface area contributed by atoms with E-state index in [9.17, 15) is 14.9 Å². The van der Waals surface area contributed by atoms with Crippen LogP contribution in [0.5, 0.6) is 0 Å². The Morgan fingerprint density at radius 2 is 2.38 bits per heavy atom. The molecule has 0 spiro atoms. The lowest BCUT2D eigenvalue weighted by molar-refractivity contribution is -0.385. The quantitative estimate of drug-likeness (QED) is 0.271. The molecule has 1 rings (SSSR count). The summed E-state index contributed by atoms with van der Waals surface area (Å²) in [6, 6.07) is 2.71. The zero-order valence-corrected chi connectivity index (χ0v) is 6.43. The van der Waals surface area contributed by atoms with Gasteiger partial charge in [0.1, 0.15) is 0 Å². The number of hydrogen-bond donors (Lipinski definition) is 0. The van der Waals surface area contributed by atoms with Crippen LogP contribution in [0.4, 0.5) is 5.69 Å². The molecule has 13 heavy (non-hydrogen) atoms. The number of nitro groups is 1. The monoisotopic (exact) mass is 176 g/mol. The minimum Gasteiger partial charge on any atom is -0.289 e. The van der Waals surface area contributed by atoms with Crippen molar-refractivity contribution in [2.24, 2.45) is 0 Å². The minimum absolute atomic E-state index is 0.000370. The van der Waals surface area contributed by atoms with Crippen molar-refractivity contribution in [1.82, 2.24) is 4.98 Å². The Labute approximate surface area is 73.6 Å². The van der Waals surface area contributed by atoms with Gasteiger partial charge in [-0.05, 0) is 17.9 Å². The Hall–Kier alpha value is -2.22. The van der Waals surface area contributed by atoms with E-state index in [1.54, 1.807) is 0 Å². The molecule has 1 aromatic heterocycles. The highest BCUT2D eigenvalue weighted by molar-refractivity contribution is 5.74. The summed E-state index contributed by atoms with van der Waals surface area (Å²) in [6.45, 7) is 0. The molecule has 0 unspecified atom stereocenters. The number of nitrogens with zero attached hydrogens (tertiary/aromatic N) is 2. The Balaban J connectivity index is 3.19. The average Bonchev–Trinajstić information content (AvgIpc) is 2.15. The van der Waals surface area contributed by atoms with Gasteiger partial charge in [-0.25, -0.2) is 4.98 Å². The fourth-order valence-electron chi connectivity index (χ4n) is 0.738. The van der Waals surface area contributed by atoms with Gasteiger partial charge < -0.3 is 0 Å². The number of hydrogen-bond acceptors (Lipinski definition) is 4. The minimum atomic E-state index is -0.595. The Kier molecular flexibility index (Phi) is 2.71. The van der Waals surface area contributed by atoms with E-state index in [0.717, 1.165) is 0 Å². The lowest BCUT2D eigenvalue weighted by atomic mass is 10.3. The lowest BCUT2D eigenvalue weighted by Crippen LogP contribution is -1.93. The van der Waals surface area contributed by atoms with Gasteiger partial charge in [0, 0.05) is 12.3 Å². The van der Waals surface area contributed by atoms with E-state index in [1.165, 1.54) is 18.3 Å². The summed E-state index contributed by atoms with van der Waals surface area (Å²) in [7, 11) is 0. The maximum absolute atomic E-state index is 10.4. The molecule has 0 aromatic carbocycles. The molecule has 0 N–H and O–H groups in total. The molecule has 1 aromatic rings. The molecule has 0 saturated heterocycles. The summed E-state index contributed by atoms with van der Waals surface area (Å²) in [5.74, 6) is 4.34. The van der Waals surface area contributed by atoms with Gasteiger partial charge in [0.15, 0.2) is 12.0 Å². The maximum Gasteiger partial charge on any atom is 0.303 e. The molecule has 0 aliphatic rings. The SMILES string of the molecule is O=CC#Cc1ncccc1[N+](=O)[O-]. The van der Waals surface area contributed by atoms with Crippen LogP contribution in [0.2, 0.25) is 0 Å². The molecule has 0 amide bonds.